The Morgan fingerprint density at radius 1 is 1.00 bits per heavy atom. The van der Waals surface area contributed by atoms with Gasteiger partial charge in [0.15, 0.2) is 0 Å². The zero-order valence-corrected chi connectivity index (χ0v) is 12.8. The topological polar surface area (TPSA) is 95.5 Å². The minimum atomic E-state index is -1.01. The molecule has 0 radical (unpaired) electrons. The zero-order chi connectivity index (χ0) is 17.1. The number of carbonyl (C=O) groups excluding carboxylic acids is 2. The molecule has 0 aromatic heterocycles. The van der Waals surface area contributed by atoms with E-state index < -0.39 is 5.97 Å². The second-order valence-electron chi connectivity index (χ2n) is 5.61. The molecule has 2 amide bonds. The maximum absolute atomic E-state index is 12.4. The summed E-state index contributed by atoms with van der Waals surface area (Å²) < 4.78 is 0. The minimum absolute atomic E-state index is 0.00975. The Bertz CT molecular complexity index is 812. The molecule has 0 aliphatic carbocycles. The number of benzene rings is 2. The van der Waals surface area contributed by atoms with Crippen LogP contribution in [0.2, 0.25) is 0 Å². The lowest BCUT2D eigenvalue weighted by molar-refractivity contribution is -0.116. The monoisotopic (exact) mass is 324 g/mol. The highest BCUT2D eigenvalue weighted by molar-refractivity contribution is 6.05. The molecule has 0 fully saturated rings. The van der Waals surface area contributed by atoms with Gasteiger partial charge in [-0.1, -0.05) is 0 Å². The Labute approximate surface area is 138 Å². The molecular weight excluding hydrogens is 308 g/mol. The quantitative estimate of drug-likeness (QED) is 0.809. The van der Waals surface area contributed by atoms with Gasteiger partial charge in [-0.25, -0.2) is 4.79 Å². The molecule has 3 rings (SSSR count). The standard InChI is InChI=1S/C18H16N2O4/c21-16-3-1-2-12-10-13(6-9-15(12)20-16)17(22)19-14-7-4-11(5-8-14)18(23)24/h4-10H,1-3H2,(H,19,22)(H,20,21)(H,23,24). The third-order valence-corrected chi connectivity index (χ3v) is 3.88. The molecule has 1 aliphatic rings. The van der Waals surface area contributed by atoms with Gasteiger partial charge in [0.1, 0.15) is 0 Å². The molecule has 0 saturated heterocycles. The summed E-state index contributed by atoms with van der Waals surface area (Å²) >= 11 is 0. The Kier molecular flexibility index (Phi) is 4.29. The van der Waals surface area contributed by atoms with E-state index in [1.807, 2.05) is 0 Å². The van der Waals surface area contributed by atoms with Gasteiger partial charge in [0.05, 0.1) is 5.56 Å². The smallest absolute Gasteiger partial charge is 0.335 e. The van der Waals surface area contributed by atoms with Crippen LogP contribution < -0.4 is 10.6 Å². The summed E-state index contributed by atoms with van der Waals surface area (Å²) in [6.45, 7) is 0. The molecule has 6 heteroatoms. The normalized spacial score (nSPS) is 13.4. The number of anilines is 2. The van der Waals surface area contributed by atoms with Gasteiger partial charge in [-0.05, 0) is 60.9 Å². The second kappa shape index (κ2) is 6.54. The first kappa shape index (κ1) is 15.7. The molecule has 3 N–H and O–H groups in total. The molecule has 0 spiro atoms. The second-order valence-corrected chi connectivity index (χ2v) is 5.61. The Balaban J connectivity index is 1.76. The number of amides is 2. The van der Waals surface area contributed by atoms with Gasteiger partial charge in [-0.3, -0.25) is 9.59 Å². The average molecular weight is 324 g/mol. The Morgan fingerprint density at radius 2 is 1.71 bits per heavy atom. The summed E-state index contributed by atoms with van der Waals surface area (Å²) in [6.07, 6.45) is 1.97. The number of nitrogens with one attached hydrogen (secondary N) is 2. The van der Waals surface area contributed by atoms with E-state index in [9.17, 15) is 14.4 Å². The molecule has 24 heavy (non-hydrogen) atoms. The van der Waals surface area contributed by atoms with Gasteiger partial charge in [0, 0.05) is 23.4 Å². The van der Waals surface area contributed by atoms with Crippen molar-refractivity contribution in [1.82, 2.24) is 0 Å². The van der Waals surface area contributed by atoms with Crippen LogP contribution in [0.4, 0.5) is 11.4 Å². The number of carboxylic acid groups (broad SMARTS) is 1. The fourth-order valence-corrected chi connectivity index (χ4v) is 2.62. The first-order chi connectivity index (χ1) is 11.5. The molecule has 0 saturated carbocycles. The molecule has 1 heterocycles. The molecule has 0 atom stereocenters. The van der Waals surface area contributed by atoms with Crippen LogP contribution >= 0.6 is 0 Å². The van der Waals surface area contributed by atoms with Crippen LogP contribution in [0.1, 0.15) is 39.1 Å². The lowest BCUT2D eigenvalue weighted by atomic mass is 10.0. The number of carbonyl (C=O) groups is 3. The van der Waals surface area contributed by atoms with E-state index in [1.165, 1.54) is 12.1 Å². The summed E-state index contributed by atoms with van der Waals surface area (Å²) in [5.41, 5.74) is 2.86. The fourth-order valence-electron chi connectivity index (χ4n) is 2.62. The maximum atomic E-state index is 12.4. The van der Waals surface area contributed by atoms with E-state index in [0.717, 1.165) is 24.1 Å². The van der Waals surface area contributed by atoms with Crippen LogP contribution in [0.15, 0.2) is 42.5 Å². The largest absolute Gasteiger partial charge is 0.478 e. The van der Waals surface area contributed by atoms with Crippen LogP contribution in [0.3, 0.4) is 0 Å². The summed E-state index contributed by atoms with van der Waals surface area (Å²) in [6, 6.07) is 11.1. The van der Waals surface area contributed by atoms with E-state index in [-0.39, 0.29) is 17.4 Å². The van der Waals surface area contributed by atoms with Gasteiger partial charge in [-0.15, -0.1) is 0 Å². The van der Waals surface area contributed by atoms with E-state index in [1.54, 1.807) is 30.3 Å². The number of carboxylic acids is 1. The Hall–Kier alpha value is -3.15. The van der Waals surface area contributed by atoms with Crippen molar-refractivity contribution in [2.75, 3.05) is 10.6 Å². The summed E-state index contributed by atoms with van der Waals surface area (Å²) in [5.74, 6) is -1.30. The van der Waals surface area contributed by atoms with Crippen LogP contribution in [0.5, 0.6) is 0 Å². The molecule has 1 aliphatic heterocycles. The molecule has 122 valence electrons. The number of rotatable bonds is 3. The molecule has 2 aromatic carbocycles. The fraction of sp³-hybridized carbons (Fsp3) is 0.167. The van der Waals surface area contributed by atoms with Crippen molar-refractivity contribution in [3.8, 4) is 0 Å². The number of aromatic carboxylic acids is 1. The van der Waals surface area contributed by atoms with Crippen molar-refractivity contribution in [1.29, 1.82) is 0 Å². The van der Waals surface area contributed by atoms with Crippen molar-refractivity contribution in [2.24, 2.45) is 0 Å². The third kappa shape index (κ3) is 3.43. The van der Waals surface area contributed by atoms with Crippen molar-refractivity contribution in [3.63, 3.8) is 0 Å². The highest BCUT2D eigenvalue weighted by atomic mass is 16.4. The van der Waals surface area contributed by atoms with Crippen LogP contribution in [0.25, 0.3) is 0 Å². The van der Waals surface area contributed by atoms with Crippen LogP contribution in [-0.4, -0.2) is 22.9 Å². The number of fused-ring (bicyclic) bond motifs is 1. The third-order valence-electron chi connectivity index (χ3n) is 3.88. The highest BCUT2D eigenvalue weighted by Gasteiger charge is 2.15. The van der Waals surface area contributed by atoms with Gasteiger partial charge in [0.2, 0.25) is 5.91 Å². The van der Waals surface area contributed by atoms with Gasteiger partial charge in [0.25, 0.3) is 5.91 Å². The van der Waals surface area contributed by atoms with Crippen molar-refractivity contribution in [3.05, 3.63) is 59.2 Å². The number of aryl methyl sites for hydroxylation is 1. The van der Waals surface area contributed by atoms with Gasteiger partial charge < -0.3 is 15.7 Å². The molecule has 6 nitrogen and oxygen atoms in total. The van der Waals surface area contributed by atoms with E-state index in [2.05, 4.69) is 10.6 Å². The van der Waals surface area contributed by atoms with E-state index in [4.69, 9.17) is 5.11 Å². The van der Waals surface area contributed by atoms with Crippen LogP contribution in [-0.2, 0) is 11.2 Å². The van der Waals surface area contributed by atoms with E-state index >= 15 is 0 Å². The molecular formula is C18H16N2O4. The molecule has 0 bridgehead atoms. The lowest BCUT2D eigenvalue weighted by Crippen LogP contribution is -2.13. The van der Waals surface area contributed by atoms with Gasteiger partial charge >= 0.3 is 5.97 Å². The van der Waals surface area contributed by atoms with Crippen molar-refractivity contribution < 1.29 is 19.5 Å². The zero-order valence-electron chi connectivity index (χ0n) is 12.8. The SMILES string of the molecule is O=C1CCCc2cc(C(=O)Nc3ccc(C(=O)O)cc3)ccc2N1. The predicted octanol–water partition coefficient (Wildman–Crippen LogP) is 2.91. The first-order valence-electron chi connectivity index (χ1n) is 7.60. The maximum Gasteiger partial charge on any atom is 0.335 e. The predicted molar refractivity (Wildman–Crippen MR) is 89.4 cm³/mol. The van der Waals surface area contributed by atoms with E-state index in [0.29, 0.717) is 17.7 Å². The summed E-state index contributed by atoms with van der Waals surface area (Å²) in [4.78, 5) is 34.7. The number of hydrogen-bond acceptors (Lipinski definition) is 3. The first-order valence-corrected chi connectivity index (χ1v) is 7.60. The number of hydrogen-bond donors (Lipinski definition) is 3. The minimum Gasteiger partial charge on any atom is -0.478 e. The van der Waals surface area contributed by atoms with Crippen molar-refractivity contribution in [2.45, 2.75) is 19.3 Å². The Morgan fingerprint density at radius 3 is 2.42 bits per heavy atom. The molecule has 2 aromatic rings. The van der Waals surface area contributed by atoms with Crippen molar-refractivity contribution >= 4 is 29.2 Å². The van der Waals surface area contributed by atoms with Crippen LogP contribution in [0, 0.1) is 0 Å². The summed E-state index contributed by atoms with van der Waals surface area (Å²) in [7, 11) is 0. The average Bonchev–Trinajstić information content (AvgIpc) is 2.75. The highest BCUT2D eigenvalue weighted by Crippen LogP contribution is 2.23. The van der Waals surface area contributed by atoms with Gasteiger partial charge in [-0.2, -0.15) is 0 Å². The molecule has 0 unspecified atom stereocenters. The lowest BCUT2D eigenvalue weighted by Gasteiger charge is -2.10. The summed E-state index contributed by atoms with van der Waals surface area (Å²) in [5, 5.41) is 14.4.